The third kappa shape index (κ3) is 6.97. The topological polar surface area (TPSA) is 115 Å². The lowest BCUT2D eigenvalue weighted by atomic mass is 10.0. The van der Waals surface area contributed by atoms with Gasteiger partial charge in [0, 0.05) is 30.4 Å². The van der Waals surface area contributed by atoms with Gasteiger partial charge in [-0.1, -0.05) is 12.1 Å². The number of sulfonamides is 1. The molecule has 8 nitrogen and oxygen atoms in total. The molecule has 42 heavy (non-hydrogen) atoms. The third-order valence-electron chi connectivity index (χ3n) is 6.25. The van der Waals surface area contributed by atoms with Gasteiger partial charge in [0.1, 0.15) is 0 Å². The Hall–Kier alpha value is -3.82. The van der Waals surface area contributed by atoms with Crippen LogP contribution in [0.15, 0.2) is 59.6 Å². The lowest BCUT2D eigenvalue weighted by molar-refractivity contribution is -0.143. The largest absolute Gasteiger partial charge is 0.416 e. The van der Waals surface area contributed by atoms with Crippen molar-refractivity contribution in [3.63, 3.8) is 0 Å². The van der Waals surface area contributed by atoms with Crippen molar-refractivity contribution >= 4 is 27.6 Å². The molecule has 1 fully saturated rings. The van der Waals surface area contributed by atoms with Crippen LogP contribution in [0.4, 0.5) is 26.3 Å². The number of benzene rings is 2. The molecular weight excluding hydrogens is 590 g/mol. The molecule has 224 valence electrons. The first-order valence-electron chi connectivity index (χ1n) is 12.3. The smallest absolute Gasteiger partial charge is 0.373 e. The number of nitrogens with two attached hydrogens (primary N) is 1. The van der Waals surface area contributed by atoms with E-state index in [-0.39, 0.29) is 47.5 Å². The van der Waals surface area contributed by atoms with Gasteiger partial charge in [-0.05, 0) is 61.9 Å². The lowest BCUT2D eigenvalue weighted by Gasteiger charge is -2.37. The minimum atomic E-state index is -5.07. The summed E-state index contributed by atoms with van der Waals surface area (Å²) in [5, 5.41) is 0. The minimum absolute atomic E-state index is 0.0165. The fourth-order valence-electron chi connectivity index (χ4n) is 4.27. The van der Waals surface area contributed by atoms with Crippen LogP contribution in [0.5, 0.6) is 0 Å². The third-order valence-corrected chi connectivity index (χ3v) is 8.10. The number of morpholine rings is 1. The van der Waals surface area contributed by atoms with Gasteiger partial charge in [-0.3, -0.25) is 4.79 Å². The van der Waals surface area contributed by atoms with E-state index in [0.717, 1.165) is 12.3 Å². The molecule has 0 bridgehead atoms. The minimum Gasteiger partial charge on any atom is -0.373 e. The molecule has 1 aliphatic rings. The van der Waals surface area contributed by atoms with Crippen molar-refractivity contribution in [2.24, 2.45) is 5.73 Å². The van der Waals surface area contributed by atoms with Crippen molar-refractivity contribution < 1.29 is 44.3 Å². The van der Waals surface area contributed by atoms with Crippen molar-refractivity contribution in [2.75, 3.05) is 19.7 Å². The second-order valence-corrected chi connectivity index (χ2v) is 11.9. The lowest BCUT2D eigenvalue weighted by Crippen LogP contribution is -2.50. The van der Waals surface area contributed by atoms with E-state index in [4.69, 9.17) is 10.5 Å². The molecule has 0 spiro atoms. The molecule has 1 amide bonds. The maximum atomic E-state index is 13.3. The Kier molecular flexibility index (Phi) is 8.23. The van der Waals surface area contributed by atoms with E-state index in [9.17, 15) is 39.6 Å². The SMILES string of the molecule is CC1(C)CN(S(=O)(=O)c2cccc(/C(=C\c3ccnc(-c4cc(C(F)(F)F)cc(C(F)(F)F)c4)n3)C(N)=O)c2)CCO1. The standard InChI is InChI=1S/C27H24F6N4O4S/c1-25(2)15-37(8-9-41-25)42(39,40)21-5-3-4-16(12-21)22(23(34)38)14-20-6-7-35-24(36-20)17-10-18(26(28,29)30)13-19(11-17)27(31,32)33/h3-7,10-14H,8-9,15H2,1-2H3,(H2,34,38)/b22-14+. The number of halogens is 6. The molecule has 2 N–H and O–H groups in total. The summed E-state index contributed by atoms with van der Waals surface area (Å²) in [5.74, 6) is -1.47. The summed E-state index contributed by atoms with van der Waals surface area (Å²) in [7, 11) is -4.00. The highest BCUT2D eigenvalue weighted by Gasteiger charge is 2.38. The predicted octanol–water partition coefficient (Wildman–Crippen LogP) is 5.01. The van der Waals surface area contributed by atoms with Gasteiger partial charge in [-0.25, -0.2) is 18.4 Å². The number of hydrogen-bond donors (Lipinski definition) is 1. The van der Waals surface area contributed by atoms with Crippen molar-refractivity contribution in [2.45, 2.75) is 36.7 Å². The van der Waals surface area contributed by atoms with Crippen LogP contribution in [0.3, 0.4) is 0 Å². The van der Waals surface area contributed by atoms with Crippen LogP contribution in [-0.2, 0) is 31.9 Å². The number of carbonyl (C=O) groups is 1. The summed E-state index contributed by atoms with van der Waals surface area (Å²) >= 11 is 0. The second-order valence-electron chi connectivity index (χ2n) is 10.00. The van der Waals surface area contributed by atoms with E-state index in [1.54, 1.807) is 13.8 Å². The zero-order valence-electron chi connectivity index (χ0n) is 22.1. The van der Waals surface area contributed by atoms with E-state index in [0.29, 0.717) is 12.1 Å². The first-order valence-corrected chi connectivity index (χ1v) is 13.7. The van der Waals surface area contributed by atoms with Crippen molar-refractivity contribution in [3.8, 4) is 11.4 Å². The average Bonchev–Trinajstić information content (AvgIpc) is 2.90. The van der Waals surface area contributed by atoms with Gasteiger partial charge in [0.05, 0.1) is 33.9 Å². The number of ether oxygens (including phenoxy) is 1. The highest BCUT2D eigenvalue weighted by Crippen LogP contribution is 2.38. The predicted molar refractivity (Wildman–Crippen MR) is 140 cm³/mol. The Labute approximate surface area is 236 Å². The molecule has 1 aliphatic heterocycles. The molecular formula is C27H24F6N4O4S. The molecule has 1 aromatic heterocycles. The number of aromatic nitrogens is 2. The number of rotatable bonds is 6. The summed E-state index contributed by atoms with van der Waals surface area (Å²) < 4.78 is 113. The molecule has 0 atom stereocenters. The van der Waals surface area contributed by atoms with Gasteiger partial charge in [0.2, 0.25) is 15.9 Å². The molecule has 2 aromatic carbocycles. The number of hydrogen-bond acceptors (Lipinski definition) is 6. The summed E-state index contributed by atoms with van der Waals surface area (Å²) in [6.45, 7) is 3.89. The summed E-state index contributed by atoms with van der Waals surface area (Å²) in [5.41, 5.74) is 0.998. The highest BCUT2D eigenvalue weighted by molar-refractivity contribution is 7.89. The average molecular weight is 615 g/mol. The van der Waals surface area contributed by atoms with E-state index >= 15 is 0 Å². The van der Waals surface area contributed by atoms with Crippen molar-refractivity contribution in [1.29, 1.82) is 0 Å². The van der Waals surface area contributed by atoms with Gasteiger partial charge in [-0.2, -0.15) is 30.6 Å². The van der Waals surface area contributed by atoms with Crippen LogP contribution in [0, 0.1) is 0 Å². The van der Waals surface area contributed by atoms with Crippen LogP contribution in [0.2, 0.25) is 0 Å². The molecule has 1 saturated heterocycles. The fourth-order valence-corrected chi connectivity index (χ4v) is 5.89. The van der Waals surface area contributed by atoms with Crippen LogP contribution in [-0.4, -0.2) is 53.9 Å². The fraction of sp³-hybridized carbons (Fsp3) is 0.296. The van der Waals surface area contributed by atoms with Gasteiger partial charge < -0.3 is 10.5 Å². The summed E-state index contributed by atoms with van der Waals surface area (Å²) in [6.07, 6.45) is -7.93. The van der Waals surface area contributed by atoms with E-state index in [2.05, 4.69) is 9.97 Å². The van der Waals surface area contributed by atoms with Gasteiger partial charge in [0.25, 0.3) is 0 Å². The molecule has 15 heteroatoms. The van der Waals surface area contributed by atoms with E-state index in [1.165, 1.54) is 34.6 Å². The maximum absolute atomic E-state index is 13.3. The number of nitrogens with zero attached hydrogens (tertiary/aromatic N) is 3. The van der Waals surface area contributed by atoms with E-state index in [1.807, 2.05) is 0 Å². The summed E-state index contributed by atoms with van der Waals surface area (Å²) in [4.78, 5) is 20.1. The van der Waals surface area contributed by atoms with Crippen molar-refractivity contribution in [3.05, 3.63) is 77.1 Å². The molecule has 4 rings (SSSR count). The number of alkyl halides is 6. The zero-order chi connectivity index (χ0) is 31.1. The van der Waals surface area contributed by atoms with Crippen LogP contribution < -0.4 is 5.73 Å². The molecule has 2 heterocycles. The number of primary amides is 1. The van der Waals surface area contributed by atoms with Crippen LogP contribution >= 0.6 is 0 Å². The number of amides is 1. The highest BCUT2D eigenvalue weighted by atomic mass is 32.2. The molecule has 0 aliphatic carbocycles. The van der Waals surface area contributed by atoms with Gasteiger partial charge in [0.15, 0.2) is 5.82 Å². The maximum Gasteiger partial charge on any atom is 0.416 e. The Balaban J connectivity index is 1.75. The molecule has 3 aromatic rings. The van der Waals surface area contributed by atoms with Gasteiger partial charge >= 0.3 is 12.4 Å². The first-order chi connectivity index (χ1) is 19.4. The quantitative estimate of drug-likeness (QED) is 0.309. The monoisotopic (exact) mass is 614 g/mol. The van der Waals surface area contributed by atoms with Gasteiger partial charge in [-0.15, -0.1) is 0 Å². The number of carbonyl (C=O) groups excluding carboxylic acids is 1. The molecule has 0 radical (unpaired) electrons. The summed E-state index contributed by atoms with van der Waals surface area (Å²) in [6, 6.07) is 7.59. The Morgan fingerprint density at radius 1 is 1.02 bits per heavy atom. The van der Waals surface area contributed by atoms with Crippen LogP contribution in [0.25, 0.3) is 23.0 Å². The Morgan fingerprint density at radius 2 is 1.67 bits per heavy atom. The normalized spacial score (nSPS) is 16.8. The first kappa shape index (κ1) is 31.1. The second kappa shape index (κ2) is 11.1. The molecule has 0 unspecified atom stereocenters. The van der Waals surface area contributed by atoms with E-state index < -0.39 is 56.4 Å². The van der Waals surface area contributed by atoms with Crippen molar-refractivity contribution in [1.82, 2.24) is 14.3 Å². The zero-order valence-corrected chi connectivity index (χ0v) is 22.9. The Morgan fingerprint density at radius 3 is 2.24 bits per heavy atom. The molecule has 0 saturated carbocycles. The van der Waals surface area contributed by atoms with Crippen LogP contribution in [0.1, 0.15) is 36.2 Å². The Bertz CT molecular complexity index is 1620.